The SMILES string of the molecule is COC(=O)CNC(=O)c1ccc(NC(=O)Cc2ccc3c(c2)CCCC3)cc1. The van der Waals surface area contributed by atoms with Gasteiger partial charge in [0, 0.05) is 11.3 Å². The molecule has 28 heavy (non-hydrogen) atoms. The molecule has 2 aromatic carbocycles. The Morgan fingerprint density at radius 3 is 2.39 bits per heavy atom. The molecular formula is C22H24N2O4. The van der Waals surface area contributed by atoms with Crippen LogP contribution in [0, 0.1) is 0 Å². The van der Waals surface area contributed by atoms with Gasteiger partial charge in [-0.05, 0) is 66.6 Å². The van der Waals surface area contributed by atoms with E-state index in [1.165, 1.54) is 31.1 Å². The van der Waals surface area contributed by atoms with E-state index in [2.05, 4.69) is 27.5 Å². The van der Waals surface area contributed by atoms with Crippen LogP contribution in [0.25, 0.3) is 0 Å². The molecule has 0 aliphatic heterocycles. The Hall–Kier alpha value is -3.15. The Morgan fingerprint density at radius 1 is 0.964 bits per heavy atom. The van der Waals surface area contributed by atoms with E-state index in [9.17, 15) is 14.4 Å². The minimum Gasteiger partial charge on any atom is -0.468 e. The number of rotatable bonds is 6. The molecule has 0 unspecified atom stereocenters. The van der Waals surface area contributed by atoms with Gasteiger partial charge in [-0.3, -0.25) is 14.4 Å². The third-order valence-electron chi connectivity index (χ3n) is 4.83. The Labute approximate surface area is 164 Å². The molecule has 1 aliphatic carbocycles. The summed E-state index contributed by atoms with van der Waals surface area (Å²) in [5.41, 5.74) is 4.79. The van der Waals surface area contributed by atoms with Crippen LogP contribution in [0.4, 0.5) is 5.69 Å². The maximum atomic E-state index is 12.3. The zero-order valence-electron chi connectivity index (χ0n) is 15.9. The normalized spacial score (nSPS) is 12.6. The highest BCUT2D eigenvalue weighted by molar-refractivity contribution is 5.97. The molecule has 2 amide bonds. The Kier molecular flexibility index (Phi) is 6.42. The second-order valence-electron chi connectivity index (χ2n) is 6.87. The van der Waals surface area contributed by atoms with Crippen LogP contribution < -0.4 is 10.6 Å². The predicted molar refractivity (Wildman–Crippen MR) is 106 cm³/mol. The van der Waals surface area contributed by atoms with Gasteiger partial charge in [-0.15, -0.1) is 0 Å². The van der Waals surface area contributed by atoms with Gasteiger partial charge < -0.3 is 15.4 Å². The van der Waals surface area contributed by atoms with Crippen molar-refractivity contribution in [3.8, 4) is 0 Å². The van der Waals surface area contributed by atoms with E-state index in [-0.39, 0.29) is 18.4 Å². The Morgan fingerprint density at radius 2 is 1.68 bits per heavy atom. The molecular weight excluding hydrogens is 356 g/mol. The fraction of sp³-hybridized carbons (Fsp3) is 0.318. The van der Waals surface area contributed by atoms with Gasteiger partial charge in [-0.1, -0.05) is 18.2 Å². The number of methoxy groups -OCH3 is 1. The third kappa shape index (κ3) is 5.19. The number of hydrogen-bond acceptors (Lipinski definition) is 4. The molecule has 0 bridgehead atoms. The van der Waals surface area contributed by atoms with Crippen molar-refractivity contribution in [2.75, 3.05) is 19.0 Å². The first-order chi connectivity index (χ1) is 13.5. The second-order valence-corrected chi connectivity index (χ2v) is 6.87. The lowest BCUT2D eigenvalue weighted by Gasteiger charge is -2.16. The predicted octanol–water partition coefficient (Wildman–Crippen LogP) is 2.65. The molecule has 0 radical (unpaired) electrons. The van der Waals surface area contributed by atoms with E-state index in [4.69, 9.17) is 0 Å². The lowest BCUT2D eigenvalue weighted by molar-refractivity contribution is -0.139. The molecule has 0 saturated carbocycles. The summed E-state index contributed by atoms with van der Waals surface area (Å²) in [6.07, 6.45) is 4.98. The van der Waals surface area contributed by atoms with Crippen LogP contribution in [-0.4, -0.2) is 31.4 Å². The fourth-order valence-electron chi connectivity index (χ4n) is 3.32. The van der Waals surface area contributed by atoms with Crippen LogP contribution in [0.3, 0.4) is 0 Å². The number of carbonyl (C=O) groups is 3. The van der Waals surface area contributed by atoms with Crippen LogP contribution in [0.5, 0.6) is 0 Å². The Balaban J connectivity index is 1.54. The Bertz CT molecular complexity index is 875. The number of fused-ring (bicyclic) bond motifs is 1. The van der Waals surface area contributed by atoms with Gasteiger partial charge in [0.2, 0.25) is 5.91 Å². The molecule has 0 spiro atoms. The summed E-state index contributed by atoms with van der Waals surface area (Å²) in [7, 11) is 1.26. The standard InChI is InChI=1S/C22H24N2O4/c1-28-21(26)14-23-22(27)17-8-10-19(11-9-17)24-20(25)13-15-6-7-16-4-2-3-5-18(16)12-15/h6-12H,2-5,13-14H2,1H3,(H,23,27)(H,24,25). The number of anilines is 1. The van der Waals surface area contributed by atoms with Gasteiger partial charge in [0.1, 0.15) is 6.54 Å². The number of benzene rings is 2. The molecule has 0 fully saturated rings. The van der Waals surface area contributed by atoms with Crippen molar-refractivity contribution in [3.63, 3.8) is 0 Å². The summed E-state index contributed by atoms with van der Waals surface area (Å²) in [5, 5.41) is 5.32. The number of esters is 1. The van der Waals surface area contributed by atoms with Crippen molar-refractivity contribution in [3.05, 3.63) is 64.7 Å². The minimum atomic E-state index is -0.514. The lowest BCUT2D eigenvalue weighted by atomic mass is 9.90. The van der Waals surface area contributed by atoms with Crippen LogP contribution in [0.1, 0.15) is 39.9 Å². The van der Waals surface area contributed by atoms with Crippen LogP contribution >= 0.6 is 0 Å². The number of ether oxygens (including phenoxy) is 1. The number of hydrogen-bond donors (Lipinski definition) is 2. The minimum absolute atomic E-state index is 0.0985. The molecule has 2 aromatic rings. The van der Waals surface area contributed by atoms with E-state index < -0.39 is 5.97 Å². The maximum Gasteiger partial charge on any atom is 0.325 e. The largest absolute Gasteiger partial charge is 0.468 e. The van der Waals surface area contributed by atoms with Gasteiger partial charge in [0.25, 0.3) is 5.91 Å². The summed E-state index contributed by atoms with van der Waals surface area (Å²) < 4.78 is 4.48. The molecule has 146 valence electrons. The van der Waals surface area contributed by atoms with Crippen molar-refractivity contribution in [1.82, 2.24) is 5.32 Å². The van der Waals surface area contributed by atoms with E-state index in [1.54, 1.807) is 24.3 Å². The van der Waals surface area contributed by atoms with Crippen LogP contribution in [-0.2, 0) is 33.6 Å². The zero-order chi connectivity index (χ0) is 19.9. The zero-order valence-corrected chi connectivity index (χ0v) is 15.9. The molecule has 3 rings (SSSR count). The van der Waals surface area contributed by atoms with Gasteiger partial charge in [0.15, 0.2) is 0 Å². The summed E-state index contributed by atoms with van der Waals surface area (Å²) in [6, 6.07) is 12.8. The van der Waals surface area contributed by atoms with Crippen molar-refractivity contribution >= 4 is 23.5 Å². The average Bonchev–Trinajstić information content (AvgIpc) is 2.72. The highest BCUT2D eigenvalue weighted by Gasteiger charge is 2.12. The molecule has 6 nitrogen and oxygen atoms in total. The number of aryl methyl sites for hydroxylation is 2. The van der Waals surface area contributed by atoms with Crippen LogP contribution in [0.2, 0.25) is 0 Å². The second kappa shape index (κ2) is 9.17. The third-order valence-corrected chi connectivity index (χ3v) is 4.83. The maximum absolute atomic E-state index is 12.3. The van der Waals surface area contributed by atoms with Crippen molar-refractivity contribution in [2.45, 2.75) is 32.1 Å². The summed E-state index contributed by atoms with van der Waals surface area (Å²) in [6.45, 7) is -0.186. The van der Waals surface area contributed by atoms with Gasteiger partial charge >= 0.3 is 5.97 Å². The highest BCUT2D eigenvalue weighted by Crippen LogP contribution is 2.22. The van der Waals surface area contributed by atoms with Gasteiger partial charge in [-0.25, -0.2) is 0 Å². The highest BCUT2D eigenvalue weighted by atomic mass is 16.5. The number of carbonyl (C=O) groups excluding carboxylic acids is 3. The monoisotopic (exact) mass is 380 g/mol. The summed E-state index contributed by atoms with van der Waals surface area (Å²) >= 11 is 0. The first-order valence-corrected chi connectivity index (χ1v) is 9.41. The van der Waals surface area contributed by atoms with E-state index >= 15 is 0 Å². The average molecular weight is 380 g/mol. The quantitative estimate of drug-likeness (QED) is 0.755. The van der Waals surface area contributed by atoms with Crippen molar-refractivity contribution < 1.29 is 19.1 Å². The summed E-state index contributed by atoms with van der Waals surface area (Å²) in [5.74, 6) is -0.990. The number of amides is 2. The molecule has 0 atom stereocenters. The molecule has 0 heterocycles. The fourth-order valence-corrected chi connectivity index (χ4v) is 3.32. The molecule has 0 saturated heterocycles. The van der Waals surface area contributed by atoms with E-state index in [0.29, 0.717) is 17.7 Å². The molecule has 1 aliphatic rings. The first-order valence-electron chi connectivity index (χ1n) is 9.41. The van der Waals surface area contributed by atoms with E-state index in [0.717, 1.165) is 18.4 Å². The first kappa shape index (κ1) is 19.6. The van der Waals surface area contributed by atoms with Crippen molar-refractivity contribution in [1.29, 1.82) is 0 Å². The molecule has 0 aromatic heterocycles. The van der Waals surface area contributed by atoms with Crippen molar-refractivity contribution in [2.24, 2.45) is 0 Å². The molecule has 6 heteroatoms. The smallest absolute Gasteiger partial charge is 0.325 e. The van der Waals surface area contributed by atoms with Gasteiger partial charge in [-0.2, -0.15) is 0 Å². The number of nitrogens with one attached hydrogen (secondary N) is 2. The topological polar surface area (TPSA) is 84.5 Å². The molecule has 2 N–H and O–H groups in total. The summed E-state index contributed by atoms with van der Waals surface area (Å²) in [4.78, 5) is 35.4. The van der Waals surface area contributed by atoms with E-state index in [1.807, 2.05) is 6.07 Å². The van der Waals surface area contributed by atoms with Crippen LogP contribution in [0.15, 0.2) is 42.5 Å². The van der Waals surface area contributed by atoms with Gasteiger partial charge in [0.05, 0.1) is 13.5 Å². The lowest BCUT2D eigenvalue weighted by Crippen LogP contribution is -2.30.